The summed E-state index contributed by atoms with van der Waals surface area (Å²) in [6, 6.07) is 24.7. The van der Waals surface area contributed by atoms with Crippen LogP contribution in [0.25, 0.3) is 0 Å². The van der Waals surface area contributed by atoms with Gasteiger partial charge in [0.2, 0.25) is 0 Å². The van der Waals surface area contributed by atoms with E-state index in [1.807, 2.05) is 54.6 Å². The van der Waals surface area contributed by atoms with Crippen LogP contribution in [-0.4, -0.2) is 13.1 Å². The van der Waals surface area contributed by atoms with Crippen LogP contribution in [0.3, 0.4) is 0 Å². The number of rotatable bonds is 7. The van der Waals surface area contributed by atoms with Crippen LogP contribution in [0.4, 0.5) is 0 Å². The Bertz CT molecular complexity index is 842. The third-order valence-corrected chi connectivity index (χ3v) is 3.83. The molecule has 0 aromatic heterocycles. The number of carbonyl (C=O) groups excluding carboxylic acids is 1. The fourth-order valence-electron chi connectivity index (χ4n) is 2.44. The fraction of sp³-hybridized carbons (Fsp3) is 0.136. The van der Waals surface area contributed by atoms with E-state index in [0.717, 1.165) is 16.9 Å². The largest absolute Gasteiger partial charge is 0.489 e. The Balaban J connectivity index is 1.56. The molecule has 0 N–H and O–H groups in total. The summed E-state index contributed by atoms with van der Waals surface area (Å²) in [6.45, 7) is 0.945. The van der Waals surface area contributed by atoms with Gasteiger partial charge in [0.1, 0.15) is 24.7 Å². The van der Waals surface area contributed by atoms with Gasteiger partial charge in [-0.1, -0.05) is 42.5 Å². The van der Waals surface area contributed by atoms with Crippen molar-refractivity contribution in [3.8, 4) is 11.5 Å². The van der Waals surface area contributed by atoms with Crippen molar-refractivity contribution < 1.29 is 19.0 Å². The van der Waals surface area contributed by atoms with Gasteiger partial charge in [0.15, 0.2) is 0 Å². The van der Waals surface area contributed by atoms with Crippen molar-refractivity contribution >= 4 is 5.97 Å². The van der Waals surface area contributed by atoms with Crippen molar-refractivity contribution in [3.63, 3.8) is 0 Å². The number of hydrogen-bond acceptors (Lipinski definition) is 4. The number of esters is 1. The summed E-state index contributed by atoms with van der Waals surface area (Å²) in [5.74, 6) is 1.13. The van der Waals surface area contributed by atoms with Crippen LogP contribution in [0.5, 0.6) is 11.5 Å². The lowest BCUT2D eigenvalue weighted by Gasteiger charge is -2.10. The number of hydrogen-bond donors (Lipinski definition) is 0. The first-order valence-electron chi connectivity index (χ1n) is 8.31. The molecule has 0 heterocycles. The quantitative estimate of drug-likeness (QED) is 0.584. The highest BCUT2D eigenvalue weighted by Gasteiger charge is 2.05. The molecular formula is C22H20O4. The summed E-state index contributed by atoms with van der Waals surface area (Å²) in [7, 11) is 1.36. The van der Waals surface area contributed by atoms with Crippen LogP contribution >= 0.6 is 0 Å². The monoisotopic (exact) mass is 348 g/mol. The smallest absolute Gasteiger partial charge is 0.337 e. The molecule has 0 amide bonds. The minimum atomic E-state index is -0.361. The summed E-state index contributed by atoms with van der Waals surface area (Å²) in [6.07, 6.45) is 0. The number of benzene rings is 3. The van der Waals surface area contributed by atoms with Crippen LogP contribution in [0.15, 0.2) is 78.9 Å². The van der Waals surface area contributed by atoms with Gasteiger partial charge in [0.05, 0.1) is 12.7 Å². The number of carbonyl (C=O) groups is 1. The SMILES string of the molecule is COC(=O)c1ccc(OCc2cccc(OCc3ccccc3)c2)cc1. The Morgan fingerprint density at radius 1 is 0.731 bits per heavy atom. The van der Waals surface area contributed by atoms with Gasteiger partial charge in [-0.2, -0.15) is 0 Å². The Morgan fingerprint density at radius 3 is 2.12 bits per heavy atom. The van der Waals surface area contributed by atoms with Crippen molar-refractivity contribution in [1.82, 2.24) is 0 Å². The molecule has 0 aliphatic rings. The first-order valence-corrected chi connectivity index (χ1v) is 8.31. The normalized spacial score (nSPS) is 10.2. The zero-order valence-corrected chi connectivity index (χ0v) is 14.6. The van der Waals surface area contributed by atoms with E-state index in [9.17, 15) is 4.79 Å². The molecule has 3 aromatic carbocycles. The van der Waals surface area contributed by atoms with E-state index in [-0.39, 0.29) is 5.97 Å². The maximum atomic E-state index is 11.4. The van der Waals surface area contributed by atoms with Gasteiger partial charge < -0.3 is 14.2 Å². The van der Waals surface area contributed by atoms with Crippen molar-refractivity contribution in [2.24, 2.45) is 0 Å². The summed E-state index contributed by atoms with van der Waals surface area (Å²) < 4.78 is 16.3. The van der Waals surface area contributed by atoms with Crippen LogP contribution < -0.4 is 9.47 Å². The zero-order chi connectivity index (χ0) is 18.2. The van der Waals surface area contributed by atoms with Gasteiger partial charge in [-0.15, -0.1) is 0 Å². The van der Waals surface area contributed by atoms with Gasteiger partial charge in [0, 0.05) is 0 Å². The second kappa shape index (κ2) is 8.72. The Morgan fingerprint density at radius 2 is 1.38 bits per heavy atom. The van der Waals surface area contributed by atoms with Gasteiger partial charge >= 0.3 is 5.97 Å². The van der Waals surface area contributed by atoms with E-state index in [0.29, 0.717) is 24.5 Å². The Kier molecular flexibility index (Phi) is 5.88. The molecule has 0 bridgehead atoms. The first-order chi connectivity index (χ1) is 12.7. The van der Waals surface area contributed by atoms with E-state index in [4.69, 9.17) is 9.47 Å². The number of ether oxygens (including phenoxy) is 3. The van der Waals surface area contributed by atoms with Crippen LogP contribution in [-0.2, 0) is 18.0 Å². The van der Waals surface area contributed by atoms with Crippen molar-refractivity contribution in [2.75, 3.05) is 7.11 Å². The van der Waals surface area contributed by atoms with Gasteiger partial charge in [-0.3, -0.25) is 0 Å². The predicted octanol–water partition coefficient (Wildman–Crippen LogP) is 4.63. The molecule has 0 radical (unpaired) electrons. The topological polar surface area (TPSA) is 44.8 Å². The highest BCUT2D eigenvalue weighted by molar-refractivity contribution is 5.89. The summed E-state index contributed by atoms with van der Waals surface area (Å²) in [5.41, 5.74) is 2.63. The summed E-state index contributed by atoms with van der Waals surface area (Å²) in [4.78, 5) is 11.4. The Labute approximate surface area is 153 Å². The third-order valence-electron chi connectivity index (χ3n) is 3.83. The molecule has 0 fully saturated rings. The van der Waals surface area contributed by atoms with E-state index < -0.39 is 0 Å². The molecule has 0 unspecified atom stereocenters. The van der Waals surface area contributed by atoms with Crippen LogP contribution in [0, 0.1) is 0 Å². The zero-order valence-electron chi connectivity index (χ0n) is 14.6. The average molecular weight is 348 g/mol. The lowest BCUT2D eigenvalue weighted by molar-refractivity contribution is 0.0600. The maximum absolute atomic E-state index is 11.4. The van der Waals surface area contributed by atoms with Crippen molar-refractivity contribution in [2.45, 2.75) is 13.2 Å². The lowest BCUT2D eigenvalue weighted by atomic mass is 10.2. The maximum Gasteiger partial charge on any atom is 0.337 e. The van der Waals surface area contributed by atoms with Gasteiger partial charge in [-0.05, 0) is 47.5 Å². The molecule has 0 atom stereocenters. The van der Waals surface area contributed by atoms with Gasteiger partial charge in [-0.25, -0.2) is 4.79 Å². The average Bonchev–Trinajstić information content (AvgIpc) is 2.71. The Hall–Kier alpha value is -3.27. The molecule has 0 saturated carbocycles. The second-order valence-electron chi connectivity index (χ2n) is 5.73. The fourth-order valence-corrected chi connectivity index (χ4v) is 2.44. The molecule has 26 heavy (non-hydrogen) atoms. The molecule has 3 aromatic rings. The van der Waals surface area contributed by atoms with Crippen molar-refractivity contribution in [1.29, 1.82) is 0 Å². The molecule has 0 aliphatic heterocycles. The molecule has 0 saturated heterocycles. The van der Waals surface area contributed by atoms with Crippen LogP contribution in [0.1, 0.15) is 21.5 Å². The predicted molar refractivity (Wildman–Crippen MR) is 99.3 cm³/mol. The number of methoxy groups -OCH3 is 1. The first kappa shape index (κ1) is 17.5. The second-order valence-corrected chi connectivity index (χ2v) is 5.73. The van der Waals surface area contributed by atoms with Gasteiger partial charge in [0.25, 0.3) is 0 Å². The highest BCUT2D eigenvalue weighted by Crippen LogP contribution is 2.18. The molecular weight excluding hydrogens is 328 g/mol. The van der Waals surface area contributed by atoms with E-state index >= 15 is 0 Å². The van der Waals surface area contributed by atoms with Crippen molar-refractivity contribution in [3.05, 3.63) is 95.6 Å². The standard InChI is InChI=1S/C22H20O4/c1-24-22(23)19-10-12-20(13-11-19)25-16-18-8-5-9-21(14-18)26-15-17-6-3-2-4-7-17/h2-14H,15-16H2,1H3. The molecule has 4 heteroatoms. The minimum Gasteiger partial charge on any atom is -0.489 e. The third kappa shape index (κ3) is 4.86. The molecule has 132 valence electrons. The van der Waals surface area contributed by atoms with E-state index in [2.05, 4.69) is 4.74 Å². The van der Waals surface area contributed by atoms with Crippen LogP contribution in [0.2, 0.25) is 0 Å². The minimum absolute atomic E-state index is 0.361. The highest BCUT2D eigenvalue weighted by atomic mass is 16.5. The molecule has 4 nitrogen and oxygen atoms in total. The lowest BCUT2D eigenvalue weighted by Crippen LogP contribution is -2.01. The van der Waals surface area contributed by atoms with E-state index in [1.54, 1.807) is 24.3 Å². The molecule has 0 aliphatic carbocycles. The molecule has 3 rings (SSSR count). The molecule has 0 spiro atoms. The summed E-state index contributed by atoms with van der Waals surface area (Å²) in [5, 5.41) is 0. The summed E-state index contributed by atoms with van der Waals surface area (Å²) >= 11 is 0. The van der Waals surface area contributed by atoms with E-state index in [1.165, 1.54) is 7.11 Å².